The van der Waals surface area contributed by atoms with Gasteiger partial charge in [-0.2, -0.15) is 0 Å². The van der Waals surface area contributed by atoms with E-state index in [4.69, 9.17) is 0 Å². The molecule has 1 saturated carbocycles. The number of piperidine rings is 2. The van der Waals surface area contributed by atoms with Gasteiger partial charge in [-0.15, -0.1) is 0 Å². The number of carbonyl (C=O) groups is 1. The fourth-order valence-corrected chi connectivity index (χ4v) is 5.94. The van der Waals surface area contributed by atoms with Gasteiger partial charge in [-0.25, -0.2) is 0 Å². The summed E-state index contributed by atoms with van der Waals surface area (Å²) in [5, 5.41) is 0. The average molecular weight is 382 g/mol. The second-order valence-electron chi connectivity index (χ2n) is 9.69. The lowest BCUT2D eigenvalue weighted by Gasteiger charge is -2.41. The van der Waals surface area contributed by atoms with Gasteiger partial charge >= 0.3 is 0 Å². The molecule has 1 amide bonds. The Hall–Kier alpha value is -1.39. The quantitative estimate of drug-likeness (QED) is 0.799. The predicted octanol–water partition coefficient (Wildman–Crippen LogP) is 3.49. The summed E-state index contributed by atoms with van der Waals surface area (Å²) in [5.74, 6) is 2.06. The van der Waals surface area contributed by atoms with Gasteiger partial charge in [-0.3, -0.25) is 14.6 Å². The second-order valence-corrected chi connectivity index (χ2v) is 9.69. The molecule has 2 atom stereocenters. The fourth-order valence-electron chi connectivity index (χ4n) is 5.94. The Labute approximate surface area is 169 Å². The summed E-state index contributed by atoms with van der Waals surface area (Å²) in [6.07, 6.45) is 9.49. The van der Waals surface area contributed by atoms with Crippen molar-refractivity contribution >= 4 is 5.91 Å². The maximum absolute atomic E-state index is 12.7. The van der Waals surface area contributed by atoms with Crippen LogP contribution in [0.4, 0.5) is 0 Å². The largest absolute Gasteiger partial charge is 0.339 e. The average Bonchev–Trinajstić information content (AvgIpc) is 3.03. The summed E-state index contributed by atoms with van der Waals surface area (Å²) in [6, 6.07) is 11.2. The summed E-state index contributed by atoms with van der Waals surface area (Å²) in [4.78, 5) is 20.5. The van der Waals surface area contributed by atoms with Crippen molar-refractivity contribution in [2.45, 2.75) is 57.0 Å². The van der Waals surface area contributed by atoms with Crippen LogP contribution in [0.1, 0.15) is 55.3 Å². The summed E-state index contributed by atoms with van der Waals surface area (Å²) in [6.45, 7) is 7.07. The lowest BCUT2D eigenvalue weighted by Crippen LogP contribution is -2.50. The van der Waals surface area contributed by atoms with Crippen molar-refractivity contribution in [1.29, 1.82) is 0 Å². The number of likely N-dealkylation sites (tertiary alicyclic amines) is 1. The minimum atomic E-state index is 0.210. The van der Waals surface area contributed by atoms with Crippen LogP contribution in [0.2, 0.25) is 0 Å². The number of rotatable bonds is 4. The van der Waals surface area contributed by atoms with Gasteiger partial charge in [0.15, 0.2) is 0 Å². The van der Waals surface area contributed by atoms with Crippen LogP contribution in [0, 0.1) is 11.8 Å². The molecule has 4 aliphatic heterocycles. The lowest BCUT2D eigenvalue weighted by atomic mass is 9.83. The monoisotopic (exact) mass is 381 g/mol. The number of amides is 1. The molecule has 5 fully saturated rings. The van der Waals surface area contributed by atoms with Gasteiger partial charge < -0.3 is 4.90 Å². The van der Waals surface area contributed by atoms with E-state index in [0.717, 1.165) is 49.4 Å². The molecule has 1 aromatic rings. The van der Waals surface area contributed by atoms with Crippen molar-refractivity contribution in [2.24, 2.45) is 11.8 Å². The number of nitrogens with zero attached hydrogens (tertiary/aromatic N) is 3. The summed E-state index contributed by atoms with van der Waals surface area (Å²) in [7, 11) is 0. The molecule has 0 spiro atoms. The highest BCUT2D eigenvalue weighted by molar-refractivity contribution is 5.94. The highest BCUT2D eigenvalue weighted by Gasteiger charge is 2.39. The third kappa shape index (κ3) is 3.86. The highest BCUT2D eigenvalue weighted by atomic mass is 16.2. The van der Waals surface area contributed by atoms with Crippen LogP contribution in [0.15, 0.2) is 30.3 Å². The Morgan fingerprint density at radius 2 is 1.64 bits per heavy atom. The molecule has 6 rings (SSSR count). The number of fused-ring (bicyclic) bond motifs is 4. The third-order valence-electron chi connectivity index (χ3n) is 7.86. The van der Waals surface area contributed by atoms with Crippen molar-refractivity contribution < 1.29 is 4.79 Å². The first-order valence-electron chi connectivity index (χ1n) is 11.6. The van der Waals surface area contributed by atoms with Gasteiger partial charge in [0.25, 0.3) is 5.91 Å². The van der Waals surface area contributed by atoms with Crippen LogP contribution in [-0.4, -0.2) is 72.0 Å². The fraction of sp³-hybridized carbons (Fsp3) is 0.708. The van der Waals surface area contributed by atoms with E-state index in [9.17, 15) is 4.79 Å². The molecule has 5 aliphatic rings. The molecule has 4 heteroatoms. The van der Waals surface area contributed by atoms with Gasteiger partial charge in [-0.05, 0) is 62.5 Å². The van der Waals surface area contributed by atoms with E-state index in [1.165, 1.54) is 58.3 Å². The zero-order chi connectivity index (χ0) is 18.9. The second kappa shape index (κ2) is 8.16. The van der Waals surface area contributed by atoms with Crippen molar-refractivity contribution in [3.63, 3.8) is 0 Å². The van der Waals surface area contributed by atoms with Crippen molar-refractivity contribution in [2.75, 3.05) is 39.3 Å². The molecule has 4 nitrogen and oxygen atoms in total. The van der Waals surface area contributed by atoms with E-state index in [1.807, 2.05) is 30.3 Å². The van der Waals surface area contributed by atoms with E-state index >= 15 is 0 Å². The van der Waals surface area contributed by atoms with Gasteiger partial charge in [0.05, 0.1) is 0 Å². The molecule has 2 bridgehead atoms. The topological polar surface area (TPSA) is 26.8 Å². The Balaban J connectivity index is 1.17. The molecule has 1 aromatic carbocycles. The molecule has 1 aliphatic carbocycles. The van der Waals surface area contributed by atoms with Gasteiger partial charge in [-0.1, -0.05) is 24.6 Å². The summed E-state index contributed by atoms with van der Waals surface area (Å²) < 4.78 is 0. The van der Waals surface area contributed by atoms with Gasteiger partial charge in [0.2, 0.25) is 0 Å². The maximum Gasteiger partial charge on any atom is 0.253 e. The van der Waals surface area contributed by atoms with E-state index < -0.39 is 0 Å². The predicted molar refractivity (Wildman–Crippen MR) is 112 cm³/mol. The standard InChI is InChI=1S/C24H35N3O/c28-24(21-7-2-1-3-8-21)25-13-11-22(12-14-25)27-17-20-9-10-23(18-27)26(16-20)15-19-5-4-6-19/h1-3,7-8,19-20,22-23H,4-6,9-18H2/t20-,23-/m1/s1. The molecule has 4 heterocycles. The molecule has 152 valence electrons. The number of hydrogen-bond acceptors (Lipinski definition) is 3. The molecular weight excluding hydrogens is 346 g/mol. The first-order chi connectivity index (χ1) is 13.8. The number of benzene rings is 1. The minimum absolute atomic E-state index is 0.210. The molecule has 0 radical (unpaired) electrons. The first kappa shape index (κ1) is 18.6. The van der Waals surface area contributed by atoms with Crippen LogP contribution < -0.4 is 0 Å². The Bertz CT molecular complexity index is 666. The van der Waals surface area contributed by atoms with Crippen molar-refractivity contribution in [3.8, 4) is 0 Å². The summed E-state index contributed by atoms with van der Waals surface area (Å²) >= 11 is 0. The van der Waals surface area contributed by atoms with Crippen LogP contribution in [0.25, 0.3) is 0 Å². The first-order valence-corrected chi connectivity index (χ1v) is 11.6. The number of carbonyl (C=O) groups excluding carboxylic acids is 1. The van der Waals surface area contributed by atoms with Crippen LogP contribution in [0.5, 0.6) is 0 Å². The van der Waals surface area contributed by atoms with Gasteiger partial charge in [0.1, 0.15) is 0 Å². The zero-order valence-electron chi connectivity index (χ0n) is 17.1. The Morgan fingerprint density at radius 1 is 0.857 bits per heavy atom. The maximum atomic E-state index is 12.7. The van der Waals surface area contributed by atoms with Crippen LogP contribution >= 0.6 is 0 Å². The summed E-state index contributed by atoms with van der Waals surface area (Å²) in [5.41, 5.74) is 0.834. The van der Waals surface area contributed by atoms with Crippen LogP contribution in [-0.2, 0) is 0 Å². The van der Waals surface area contributed by atoms with Crippen molar-refractivity contribution in [3.05, 3.63) is 35.9 Å². The van der Waals surface area contributed by atoms with E-state index in [-0.39, 0.29) is 5.91 Å². The van der Waals surface area contributed by atoms with Crippen molar-refractivity contribution in [1.82, 2.24) is 14.7 Å². The Morgan fingerprint density at radius 3 is 2.36 bits per heavy atom. The normalized spacial score (nSPS) is 30.2. The number of hydrogen-bond donors (Lipinski definition) is 0. The molecule has 28 heavy (non-hydrogen) atoms. The highest BCUT2D eigenvalue weighted by Crippen LogP contribution is 2.34. The molecule has 0 aromatic heterocycles. The smallest absolute Gasteiger partial charge is 0.253 e. The minimum Gasteiger partial charge on any atom is -0.339 e. The Kier molecular flexibility index (Phi) is 5.43. The molecule has 0 N–H and O–H groups in total. The zero-order valence-corrected chi connectivity index (χ0v) is 17.1. The molecular formula is C24H35N3O. The van der Waals surface area contributed by atoms with Gasteiger partial charge in [0, 0.05) is 56.9 Å². The van der Waals surface area contributed by atoms with E-state index in [0.29, 0.717) is 6.04 Å². The van der Waals surface area contributed by atoms with E-state index in [2.05, 4.69) is 14.7 Å². The SMILES string of the molecule is O=C(c1ccccc1)N1CCC(N2C[C@@H]3CC[C@H](C2)N(CC2CCC2)C3)CC1. The molecule has 0 unspecified atom stereocenters. The van der Waals surface area contributed by atoms with E-state index in [1.54, 1.807) is 0 Å². The van der Waals surface area contributed by atoms with Crippen LogP contribution in [0.3, 0.4) is 0 Å². The third-order valence-corrected chi connectivity index (χ3v) is 7.86. The lowest BCUT2D eigenvalue weighted by molar-refractivity contribution is 0.0594. The molecule has 4 saturated heterocycles.